The Balaban J connectivity index is 2.43. The second-order valence-electron chi connectivity index (χ2n) is 4.47. The summed E-state index contributed by atoms with van der Waals surface area (Å²) in [4.78, 5) is 11.4. The van der Waals surface area contributed by atoms with Gasteiger partial charge in [0, 0.05) is 11.6 Å². The number of rotatable bonds is 4. The van der Waals surface area contributed by atoms with Gasteiger partial charge in [-0.25, -0.2) is 0 Å². The molecule has 1 atom stereocenters. The molecule has 1 N–H and O–H groups in total. The van der Waals surface area contributed by atoms with Gasteiger partial charge in [0.25, 0.3) is 0 Å². The lowest BCUT2D eigenvalue weighted by molar-refractivity contribution is -0.314. The summed E-state index contributed by atoms with van der Waals surface area (Å²) >= 11 is 0. The van der Waals surface area contributed by atoms with E-state index in [1.165, 1.54) is 18.2 Å². The molecule has 5 heteroatoms. The highest BCUT2D eigenvalue weighted by molar-refractivity contribution is 5.73. The monoisotopic (exact) mass is 282 g/mol. The number of aliphatic carboxylic acids is 1. The number of nitrogens with zero attached hydrogens (tertiary/aromatic N) is 1. The first-order valence-corrected chi connectivity index (χ1v) is 6.19. The van der Waals surface area contributed by atoms with Crippen LogP contribution in [0.25, 0.3) is 0 Å². The van der Waals surface area contributed by atoms with Gasteiger partial charge in [0.05, 0.1) is 11.5 Å². The summed E-state index contributed by atoms with van der Waals surface area (Å²) in [5.74, 6) is -1.54. The van der Waals surface area contributed by atoms with Crippen molar-refractivity contribution >= 4 is 5.97 Å². The molecule has 0 amide bonds. The molecule has 0 aliphatic rings. The molecule has 0 aromatic heterocycles. The maximum atomic E-state index is 11.4. The molecule has 2 aromatic carbocycles. The van der Waals surface area contributed by atoms with Crippen LogP contribution in [0.3, 0.4) is 0 Å². The summed E-state index contributed by atoms with van der Waals surface area (Å²) in [6.45, 7) is 1.75. The summed E-state index contributed by atoms with van der Waals surface area (Å²) in [5.41, 5.74) is 1.29. The number of ether oxygens (including phenoxy) is 1. The lowest BCUT2D eigenvalue weighted by Gasteiger charge is -2.22. The molecule has 0 saturated carbocycles. The minimum atomic E-state index is -1.42. The van der Waals surface area contributed by atoms with E-state index in [0.29, 0.717) is 5.56 Å². The number of nitriles is 1. The Hall–Kier alpha value is -3.00. The molecular formula is C16H12NO4-. The van der Waals surface area contributed by atoms with Crippen molar-refractivity contribution < 1.29 is 19.7 Å². The number of benzene rings is 2. The lowest BCUT2D eigenvalue weighted by atomic mass is 10.0. The number of aryl methyl sites for hydroxylation is 1. The van der Waals surface area contributed by atoms with E-state index in [1.807, 2.05) is 6.07 Å². The van der Waals surface area contributed by atoms with Crippen LogP contribution in [0, 0.1) is 18.3 Å². The van der Waals surface area contributed by atoms with Gasteiger partial charge in [-0.3, -0.25) is 0 Å². The number of hydrogen-bond donors (Lipinski definition) is 1. The number of phenols is 1. The van der Waals surface area contributed by atoms with Gasteiger partial charge < -0.3 is 19.7 Å². The van der Waals surface area contributed by atoms with Crippen LogP contribution >= 0.6 is 0 Å². The summed E-state index contributed by atoms with van der Waals surface area (Å²) in [7, 11) is 0. The van der Waals surface area contributed by atoms with Crippen LogP contribution in [0.15, 0.2) is 42.5 Å². The number of carboxylic acid groups (broad SMARTS) is 1. The van der Waals surface area contributed by atoms with Crippen molar-refractivity contribution in [1.29, 1.82) is 5.26 Å². The van der Waals surface area contributed by atoms with E-state index in [2.05, 4.69) is 0 Å². The van der Waals surface area contributed by atoms with Crippen LogP contribution in [-0.4, -0.2) is 11.1 Å². The van der Waals surface area contributed by atoms with Crippen molar-refractivity contribution in [2.75, 3.05) is 0 Å². The van der Waals surface area contributed by atoms with Gasteiger partial charge >= 0.3 is 0 Å². The number of phenolic OH excluding ortho intramolecular Hbond substituents is 1. The van der Waals surface area contributed by atoms with Gasteiger partial charge in [-0.15, -0.1) is 0 Å². The number of aromatic hydroxyl groups is 1. The first-order chi connectivity index (χ1) is 10.0. The molecule has 0 radical (unpaired) electrons. The summed E-state index contributed by atoms with van der Waals surface area (Å²) in [6.07, 6.45) is -1.36. The molecule has 0 heterocycles. The Morgan fingerprint density at radius 2 is 2.05 bits per heavy atom. The summed E-state index contributed by atoms with van der Waals surface area (Å²) in [5, 5.41) is 29.8. The predicted molar refractivity (Wildman–Crippen MR) is 72.4 cm³/mol. The highest BCUT2D eigenvalue weighted by Crippen LogP contribution is 2.29. The highest BCUT2D eigenvalue weighted by atomic mass is 16.5. The van der Waals surface area contributed by atoms with E-state index < -0.39 is 12.1 Å². The molecule has 0 aliphatic heterocycles. The standard InChI is InChI=1S/C16H13NO4/c1-10-4-2-3-5-13(10)15(16(19)20)21-14-8-12(18)7-6-11(14)9-17/h2-8,15,18H,1H3,(H,19,20)/p-1. The van der Waals surface area contributed by atoms with Gasteiger partial charge in [0.15, 0.2) is 6.10 Å². The average Bonchev–Trinajstić information content (AvgIpc) is 2.45. The lowest BCUT2D eigenvalue weighted by Crippen LogP contribution is -2.33. The molecular weight excluding hydrogens is 270 g/mol. The van der Waals surface area contributed by atoms with Crippen molar-refractivity contribution in [1.82, 2.24) is 0 Å². The molecule has 0 aliphatic carbocycles. The molecule has 1 unspecified atom stereocenters. The van der Waals surface area contributed by atoms with E-state index >= 15 is 0 Å². The van der Waals surface area contributed by atoms with Crippen molar-refractivity contribution in [2.45, 2.75) is 13.0 Å². The fourth-order valence-electron chi connectivity index (χ4n) is 1.95. The van der Waals surface area contributed by atoms with Crippen molar-refractivity contribution in [3.05, 3.63) is 59.2 Å². The first kappa shape index (κ1) is 14.4. The molecule has 2 aromatic rings. The predicted octanol–water partition coefficient (Wildman–Crippen LogP) is 1.44. The Labute approximate surface area is 121 Å². The van der Waals surface area contributed by atoms with Crippen LogP contribution in [0.1, 0.15) is 22.8 Å². The van der Waals surface area contributed by atoms with E-state index in [4.69, 9.17) is 10.00 Å². The largest absolute Gasteiger partial charge is 0.546 e. The average molecular weight is 282 g/mol. The maximum absolute atomic E-state index is 11.4. The third kappa shape index (κ3) is 3.12. The van der Waals surface area contributed by atoms with Gasteiger partial charge in [-0.2, -0.15) is 5.26 Å². The third-order valence-electron chi connectivity index (χ3n) is 3.02. The SMILES string of the molecule is Cc1ccccc1C(Oc1cc(O)ccc1C#N)C(=O)[O-]. The van der Waals surface area contributed by atoms with Crippen molar-refractivity contribution in [3.8, 4) is 17.6 Å². The smallest absolute Gasteiger partial charge is 0.163 e. The molecule has 0 bridgehead atoms. The van der Waals surface area contributed by atoms with E-state index in [1.54, 1.807) is 31.2 Å². The fourth-order valence-corrected chi connectivity index (χ4v) is 1.95. The zero-order chi connectivity index (χ0) is 15.4. The van der Waals surface area contributed by atoms with E-state index in [9.17, 15) is 15.0 Å². The van der Waals surface area contributed by atoms with Crippen LogP contribution < -0.4 is 9.84 Å². The molecule has 21 heavy (non-hydrogen) atoms. The van der Waals surface area contributed by atoms with Gasteiger partial charge in [0.2, 0.25) is 0 Å². The molecule has 0 fully saturated rings. The molecule has 2 rings (SSSR count). The maximum Gasteiger partial charge on any atom is 0.163 e. The van der Waals surface area contributed by atoms with Crippen molar-refractivity contribution in [2.24, 2.45) is 0 Å². The summed E-state index contributed by atoms with van der Waals surface area (Å²) < 4.78 is 5.40. The zero-order valence-electron chi connectivity index (χ0n) is 11.2. The fraction of sp³-hybridized carbons (Fsp3) is 0.125. The van der Waals surface area contributed by atoms with E-state index in [0.717, 1.165) is 5.56 Å². The minimum absolute atomic E-state index is 0.00467. The van der Waals surface area contributed by atoms with E-state index in [-0.39, 0.29) is 17.1 Å². The quantitative estimate of drug-likeness (QED) is 0.915. The van der Waals surface area contributed by atoms with Gasteiger partial charge in [-0.05, 0) is 24.6 Å². The molecule has 106 valence electrons. The molecule has 0 saturated heterocycles. The Kier molecular flexibility index (Phi) is 4.10. The normalized spacial score (nSPS) is 11.4. The summed E-state index contributed by atoms with van der Waals surface area (Å²) in [6, 6.07) is 12.6. The second kappa shape index (κ2) is 5.97. The Bertz CT molecular complexity index is 718. The minimum Gasteiger partial charge on any atom is -0.546 e. The number of hydrogen-bond acceptors (Lipinski definition) is 5. The van der Waals surface area contributed by atoms with Crippen LogP contribution in [-0.2, 0) is 4.79 Å². The Morgan fingerprint density at radius 3 is 2.67 bits per heavy atom. The highest BCUT2D eigenvalue weighted by Gasteiger charge is 2.18. The number of carbonyl (C=O) groups is 1. The molecule has 5 nitrogen and oxygen atoms in total. The van der Waals surface area contributed by atoms with Crippen LogP contribution in [0.4, 0.5) is 0 Å². The zero-order valence-corrected chi connectivity index (χ0v) is 11.2. The molecule has 0 spiro atoms. The van der Waals surface area contributed by atoms with Crippen LogP contribution in [0.2, 0.25) is 0 Å². The second-order valence-corrected chi connectivity index (χ2v) is 4.47. The Morgan fingerprint density at radius 1 is 1.33 bits per heavy atom. The van der Waals surface area contributed by atoms with Crippen LogP contribution in [0.5, 0.6) is 11.5 Å². The third-order valence-corrected chi connectivity index (χ3v) is 3.02. The number of carboxylic acids is 1. The van der Waals surface area contributed by atoms with Gasteiger partial charge in [-0.1, -0.05) is 24.3 Å². The van der Waals surface area contributed by atoms with Crippen molar-refractivity contribution in [3.63, 3.8) is 0 Å². The first-order valence-electron chi connectivity index (χ1n) is 6.19. The topological polar surface area (TPSA) is 93.4 Å². The van der Waals surface area contributed by atoms with Gasteiger partial charge in [0.1, 0.15) is 17.6 Å². The number of carbonyl (C=O) groups excluding carboxylic acids is 1.